The van der Waals surface area contributed by atoms with E-state index in [0.717, 1.165) is 16.7 Å². The minimum atomic E-state index is -0.0344. The molecule has 1 amide bonds. The van der Waals surface area contributed by atoms with Crippen LogP contribution in [0.2, 0.25) is 0 Å². The van der Waals surface area contributed by atoms with Crippen molar-refractivity contribution in [2.45, 2.75) is 20.0 Å². The number of carbonyl (C=O) groups is 1. The third-order valence-corrected chi connectivity index (χ3v) is 3.52. The zero-order chi connectivity index (χ0) is 13.1. The number of halogens is 1. The van der Waals surface area contributed by atoms with Crippen LogP contribution >= 0.6 is 12.4 Å². The summed E-state index contributed by atoms with van der Waals surface area (Å²) in [5.41, 5.74) is 8.58. The summed E-state index contributed by atoms with van der Waals surface area (Å²) in [6.45, 7) is 6.26. The number of rotatable bonds is 2. The topological polar surface area (TPSA) is 55.6 Å². The lowest BCUT2D eigenvalue weighted by molar-refractivity contribution is -0.0167. The van der Waals surface area contributed by atoms with Crippen molar-refractivity contribution in [2.24, 2.45) is 5.73 Å². The maximum absolute atomic E-state index is 12.5. The molecule has 0 radical (unpaired) electrons. The number of ether oxygens (including phenoxy) is 1. The SMILES string of the molecule is Cc1cccc(C(=O)N2CCOC(CN)C2)c1C.Cl. The Balaban J connectivity index is 0.00000180. The summed E-state index contributed by atoms with van der Waals surface area (Å²) in [5.74, 6) is 0.0814. The molecule has 2 N–H and O–H groups in total. The Bertz CT molecular complexity index is 451. The van der Waals surface area contributed by atoms with Gasteiger partial charge in [-0.15, -0.1) is 12.4 Å². The van der Waals surface area contributed by atoms with E-state index in [0.29, 0.717) is 26.2 Å². The molecule has 1 unspecified atom stereocenters. The second-order valence-electron chi connectivity index (χ2n) is 4.73. The second-order valence-corrected chi connectivity index (χ2v) is 4.73. The molecule has 1 aromatic rings. The highest BCUT2D eigenvalue weighted by atomic mass is 35.5. The highest BCUT2D eigenvalue weighted by molar-refractivity contribution is 5.96. The zero-order valence-corrected chi connectivity index (χ0v) is 12.2. The maximum atomic E-state index is 12.5. The zero-order valence-electron chi connectivity index (χ0n) is 11.4. The lowest BCUT2D eigenvalue weighted by Crippen LogP contribution is -2.48. The van der Waals surface area contributed by atoms with Gasteiger partial charge in [-0.05, 0) is 31.0 Å². The molecule has 4 nitrogen and oxygen atoms in total. The van der Waals surface area contributed by atoms with Crippen molar-refractivity contribution in [1.29, 1.82) is 0 Å². The van der Waals surface area contributed by atoms with Gasteiger partial charge < -0.3 is 15.4 Å². The van der Waals surface area contributed by atoms with Gasteiger partial charge >= 0.3 is 0 Å². The monoisotopic (exact) mass is 284 g/mol. The average Bonchev–Trinajstić information content (AvgIpc) is 2.41. The minimum Gasteiger partial charge on any atom is -0.373 e. The molecule has 0 saturated carbocycles. The Morgan fingerprint density at radius 1 is 1.47 bits per heavy atom. The number of hydrogen-bond donors (Lipinski definition) is 1. The van der Waals surface area contributed by atoms with E-state index in [1.54, 1.807) is 0 Å². The van der Waals surface area contributed by atoms with Gasteiger partial charge in [0.1, 0.15) is 0 Å². The lowest BCUT2D eigenvalue weighted by atomic mass is 10.0. The molecule has 0 bridgehead atoms. The number of nitrogens with two attached hydrogens (primary N) is 1. The normalized spacial score (nSPS) is 18.9. The van der Waals surface area contributed by atoms with Gasteiger partial charge in [-0.25, -0.2) is 0 Å². The molecule has 106 valence electrons. The molecular weight excluding hydrogens is 264 g/mol. The molecule has 5 heteroatoms. The fourth-order valence-electron chi connectivity index (χ4n) is 2.20. The highest BCUT2D eigenvalue weighted by Gasteiger charge is 2.25. The van der Waals surface area contributed by atoms with Crippen LogP contribution in [0.15, 0.2) is 18.2 Å². The number of aryl methyl sites for hydroxylation is 1. The van der Waals surface area contributed by atoms with Crippen LogP contribution in [0.1, 0.15) is 21.5 Å². The third-order valence-electron chi connectivity index (χ3n) is 3.52. The summed E-state index contributed by atoms with van der Waals surface area (Å²) >= 11 is 0. The van der Waals surface area contributed by atoms with E-state index < -0.39 is 0 Å². The van der Waals surface area contributed by atoms with Gasteiger partial charge in [-0.1, -0.05) is 12.1 Å². The predicted octanol–water partition coefficient (Wildman–Crippen LogP) is 1.52. The van der Waals surface area contributed by atoms with Crippen molar-refractivity contribution in [3.8, 4) is 0 Å². The van der Waals surface area contributed by atoms with Crippen LogP contribution in [-0.2, 0) is 4.74 Å². The first-order valence-electron chi connectivity index (χ1n) is 6.30. The first-order chi connectivity index (χ1) is 8.63. The number of hydrogen-bond acceptors (Lipinski definition) is 3. The summed E-state index contributed by atoms with van der Waals surface area (Å²) < 4.78 is 5.48. The number of amides is 1. The first-order valence-corrected chi connectivity index (χ1v) is 6.30. The van der Waals surface area contributed by atoms with Gasteiger partial charge in [0, 0.05) is 25.2 Å². The van der Waals surface area contributed by atoms with Crippen molar-refractivity contribution in [3.05, 3.63) is 34.9 Å². The summed E-state index contributed by atoms with van der Waals surface area (Å²) in [7, 11) is 0. The van der Waals surface area contributed by atoms with Crippen LogP contribution in [0.5, 0.6) is 0 Å². The Morgan fingerprint density at radius 2 is 2.21 bits per heavy atom. The molecule has 1 fully saturated rings. The maximum Gasteiger partial charge on any atom is 0.254 e. The van der Waals surface area contributed by atoms with Crippen LogP contribution in [0.25, 0.3) is 0 Å². The fraction of sp³-hybridized carbons (Fsp3) is 0.500. The van der Waals surface area contributed by atoms with Crippen LogP contribution in [0.4, 0.5) is 0 Å². The number of morpholine rings is 1. The van der Waals surface area contributed by atoms with Gasteiger partial charge in [-0.2, -0.15) is 0 Å². The van der Waals surface area contributed by atoms with Gasteiger partial charge in [0.25, 0.3) is 5.91 Å². The molecule has 1 saturated heterocycles. The summed E-state index contributed by atoms with van der Waals surface area (Å²) in [6.07, 6.45) is -0.0344. The largest absolute Gasteiger partial charge is 0.373 e. The molecule has 19 heavy (non-hydrogen) atoms. The molecule has 0 aromatic heterocycles. The quantitative estimate of drug-likeness (QED) is 0.896. The predicted molar refractivity (Wildman–Crippen MR) is 77.9 cm³/mol. The van der Waals surface area contributed by atoms with E-state index >= 15 is 0 Å². The second kappa shape index (κ2) is 6.89. The molecule has 1 aliphatic heterocycles. The van der Waals surface area contributed by atoms with Crippen LogP contribution in [0.3, 0.4) is 0 Å². The average molecular weight is 285 g/mol. The smallest absolute Gasteiger partial charge is 0.254 e. The molecule has 2 rings (SSSR count). The molecule has 0 spiro atoms. The van der Waals surface area contributed by atoms with Crippen molar-refractivity contribution >= 4 is 18.3 Å². The molecule has 1 aliphatic rings. The Kier molecular flexibility index (Phi) is 5.79. The molecule has 0 aliphatic carbocycles. The third kappa shape index (κ3) is 3.47. The molecular formula is C14H21ClN2O2. The van der Waals surface area contributed by atoms with Crippen molar-refractivity contribution in [2.75, 3.05) is 26.2 Å². The fourth-order valence-corrected chi connectivity index (χ4v) is 2.20. The lowest BCUT2D eigenvalue weighted by Gasteiger charge is -2.32. The summed E-state index contributed by atoms with van der Waals surface area (Å²) in [6, 6.07) is 5.84. The van der Waals surface area contributed by atoms with Crippen LogP contribution in [0, 0.1) is 13.8 Å². The number of benzene rings is 1. The van der Waals surface area contributed by atoms with E-state index in [9.17, 15) is 4.79 Å². The first kappa shape index (κ1) is 16.0. The van der Waals surface area contributed by atoms with E-state index in [1.807, 2.05) is 36.9 Å². The standard InChI is InChI=1S/C14H20N2O2.ClH/c1-10-4-3-5-13(11(10)2)14(17)16-6-7-18-12(8-15)9-16;/h3-5,12H,6-9,15H2,1-2H3;1H. The molecule has 1 atom stereocenters. The van der Waals surface area contributed by atoms with Crippen molar-refractivity contribution in [3.63, 3.8) is 0 Å². The number of nitrogens with zero attached hydrogens (tertiary/aromatic N) is 1. The Labute approximate surface area is 120 Å². The van der Waals surface area contributed by atoms with E-state index in [-0.39, 0.29) is 24.4 Å². The van der Waals surface area contributed by atoms with Crippen LogP contribution < -0.4 is 5.73 Å². The summed E-state index contributed by atoms with van der Waals surface area (Å²) in [4.78, 5) is 14.3. The Hall–Kier alpha value is -1.10. The van der Waals surface area contributed by atoms with Gasteiger partial charge in [0.05, 0.1) is 12.7 Å². The highest BCUT2D eigenvalue weighted by Crippen LogP contribution is 2.16. The molecule has 1 aromatic carbocycles. The molecule has 1 heterocycles. The van der Waals surface area contributed by atoms with E-state index in [2.05, 4.69) is 0 Å². The minimum absolute atomic E-state index is 0. The number of carbonyl (C=O) groups excluding carboxylic acids is 1. The van der Waals surface area contributed by atoms with Crippen LogP contribution in [-0.4, -0.2) is 43.2 Å². The van der Waals surface area contributed by atoms with Gasteiger partial charge in [0.2, 0.25) is 0 Å². The van der Waals surface area contributed by atoms with Gasteiger partial charge in [-0.3, -0.25) is 4.79 Å². The Morgan fingerprint density at radius 3 is 2.89 bits per heavy atom. The van der Waals surface area contributed by atoms with Gasteiger partial charge in [0.15, 0.2) is 0 Å². The van der Waals surface area contributed by atoms with Crippen molar-refractivity contribution < 1.29 is 9.53 Å². The van der Waals surface area contributed by atoms with Crippen molar-refractivity contribution in [1.82, 2.24) is 4.90 Å². The summed E-state index contributed by atoms with van der Waals surface area (Å²) in [5, 5.41) is 0. The van der Waals surface area contributed by atoms with E-state index in [1.165, 1.54) is 0 Å². The van der Waals surface area contributed by atoms with E-state index in [4.69, 9.17) is 10.5 Å².